The molecule has 1 saturated heterocycles. The minimum Gasteiger partial charge on any atom is -0.289 e. The number of fused-ring (bicyclic) bond motifs is 2. The van der Waals surface area contributed by atoms with Crippen molar-refractivity contribution in [2.75, 3.05) is 0 Å². The predicted molar refractivity (Wildman–Crippen MR) is 46.6 cm³/mol. The van der Waals surface area contributed by atoms with Crippen LogP contribution in [0.15, 0.2) is 10.2 Å². The van der Waals surface area contributed by atoms with E-state index >= 15 is 0 Å². The van der Waals surface area contributed by atoms with Crippen LogP contribution in [0.5, 0.6) is 0 Å². The minimum absolute atomic E-state index is 0.252. The van der Waals surface area contributed by atoms with E-state index in [9.17, 15) is 9.59 Å². The van der Waals surface area contributed by atoms with E-state index in [0.717, 1.165) is 0 Å². The summed E-state index contributed by atoms with van der Waals surface area (Å²) in [7, 11) is 0. The van der Waals surface area contributed by atoms with Gasteiger partial charge in [-0.15, -0.1) is 5.10 Å². The number of carbonyl (C=O) groups excluding carboxylic acids is 2. The van der Waals surface area contributed by atoms with Gasteiger partial charge in [0, 0.05) is 0 Å². The molecule has 1 atom stereocenters. The van der Waals surface area contributed by atoms with E-state index in [1.54, 1.807) is 0 Å². The van der Waals surface area contributed by atoms with Crippen molar-refractivity contribution in [1.29, 1.82) is 0 Å². The molecular formula is C7H6N2O2S. The third-order valence-corrected chi connectivity index (χ3v) is 3.03. The zero-order chi connectivity index (χ0) is 8.72. The summed E-state index contributed by atoms with van der Waals surface area (Å²) in [4.78, 5) is 22.3. The molecule has 0 aromatic carbocycles. The maximum absolute atomic E-state index is 11.2. The van der Waals surface area contributed by atoms with Gasteiger partial charge in [0.15, 0.2) is 5.04 Å². The number of thioether (sulfide) groups is 1. The molecule has 2 aliphatic rings. The number of hydrogen-bond acceptors (Lipinski definition) is 5. The Kier molecular flexibility index (Phi) is 1.61. The quantitative estimate of drug-likeness (QED) is 0.552. The van der Waals surface area contributed by atoms with Crippen LogP contribution < -0.4 is 0 Å². The molecule has 0 N–H and O–H groups in total. The molecule has 0 spiro atoms. The van der Waals surface area contributed by atoms with Crippen LogP contribution in [0.3, 0.4) is 0 Å². The van der Waals surface area contributed by atoms with Gasteiger partial charge in [-0.3, -0.25) is 9.59 Å². The first kappa shape index (κ1) is 7.67. The third-order valence-electron chi connectivity index (χ3n) is 1.82. The summed E-state index contributed by atoms with van der Waals surface area (Å²) >= 11 is 1.22. The monoisotopic (exact) mass is 182 g/mol. The maximum atomic E-state index is 11.2. The highest BCUT2D eigenvalue weighted by atomic mass is 32.2. The summed E-state index contributed by atoms with van der Waals surface area (Å²) in [5, 5.41) is 7.37. The Morgan fingerprint density at radius 3 is 2.83 bits per heavy atom. The second kappa shape index (κ2) is 2.52. The van der Waals surface area contributed by atoms with Crippen molar-refractivity contribution in [2.45, 2.75) is 18.6 Å². The van der Waals surface area contributed by atoms with Crippen molar-refractivity contribution in [3.63, 3.8) is 0 Å². The molecule has 0 amide bonds. The first-order valence-electron chi connectivity index (χ1n) is 3.63. The molecule has 1 fully saturated rings. The molecule has 2 rings (SSSR count). The molecule has 62 valence electrons. The summed E-state index contributed by atoms with van der Waals surface area (Å²) in [5.74, 6) is -0.839. The topological polar surface area (TPSA) is 58.9 Å². The standard InChI is InChI=1S/C7H6N2O2S/c1-2-3-6-4(10)5(11)7(12-6)9-8-3/h6H,2H2,1H3. The van der Waals surface area contributed by atoms with Crippen LogP contribution in [-0.4, -0.2) is 27.6 Å². The number of ketones is 2. The van der Waals surface area contributed by atoms with Crippen molar-refractivity contribution < 1.29 is 9.59 Å². The molecule has 5 heteroatoms. The second-order valence-corrected chi connectivity index (χ2v) is 3.64. The van der Waals surface area contributed by atoms with E-state index in [1.807, 2.05) is 6.92 Å². The van der Waals surface area contributed by atoms with Crippen LogP contribution in [0, 0.1) is 0 Å². The second-order valence-electron chi connectivity index (χ2n) is 2.54. The summed E-state index contributed by atoms with van der Waals surface area (Å²) in [6.45, 7) is 1.90. The van der Waals surface area contributed by atoms with Gasteiger partial charge in [0.05, 0.1) is 5.71 Å². The Bertz CT molecular complexity index is 332. The molecule has 4 nitrogen and oxygen atoms in total. The maximum Gasteiger partial charge on any atom is 0.256 e. The highest BCUT2D eigenvalue weighted by Gasteiger charge is 2.43. The van der Waals surface area contributed by atoms with Gasteiger partial charge in [-0.25, -0.2) is 0 Å². The molecule has 2 aliphatic heterocycles. The predicted octanol–water partition coefficient (Wildman–Crippen LogP) is 0.418. The number of rotatable bonds is 1. The van der Waals surface area contributed by atoms with E-state index in [1.165, 1.54) is 11.8 Å². The molecule has 2 bridgehead atoms. The number of carbonyl (C=O) groups is 2. The molecule has 2 heterocycles. The van der Waals surface area contributed by atoms with Crippen LogP contribution in [0.4, 0.5) is 0 Å². The zero-order valence-electron chi connectivity index (χ0n) is 6.40. The van der Waals surface area contributed by atoms with Gasteiger partial charge in [0.1, 0.15) is 5.25 Å². The SMILES string of the molecule is CCC1=NN=C2SC1C(=O)C2=O. The van der Waals surface area contributed by atoms with E-state index in [0.29, 0.717) is 12.1 Å². The Morgan fingerprint density at radius 1 is 1.42 bits per heavy atom. The molecule has 0 aliphatic carbocycles. The number of nitrogens with zero attached hydrogens (tertiary/aromatic N) is 2. The fraction of sp³-hybridized carbons (Fsp3) is 0.429. The normalized spacial score (nSPS) is 27.2. The molecule has 12 heavy (non-hydrogen) atoms. The average molecular weight is 182 g/mol. The molecule has 0 aromatic rings. The third kappa shape index (κ3) is 0.859. The molecule has 0 aromatic heterocycles. The summed E-state index contributed by atoms with van der Waals surface area (Å²) in [6.07, 6.45) is 0.674. The van der Waals surface area contributed by atoms with Gasteiger partial charge < -0.3 is 0 Å². The first-order chi connectivity index (χ1) is 5.74. The van der Waals surface area contributed by atoms with Gasteiger partial charge in [0.2, 0.25) is 5.78 Å². The lowest BCUT2D eigenvalue weighted by Crippen LogP contribution is -2.25. The van der Waals surface area contributed by atoms with Crippen LogP contribution in [0.25, 0.3) is 0 Å². The van der Waals surface area contributed by atoms with Gasteiger partial charge in [-0.2, -0.15) is 5.10 Å². The number of Topliss-reactive ketones (excluding diaryl/α,β-unsaturated/α-hetero) is 2. The van der Waals surface area contributed by atoms with Gasteiger partial charge in [0.25, 0.3) is 5.78 Å². The zero-order valence-corrected chi connectivity index (χ0v) is 7.22. The first-order valence-corrected chi connectivity index (χ1v) is 4.51. The Morgan fingerprint density at radius 2 is 2.17 bits per heavy atom. The highest BCUT2D eigenvalue weighted by molar-refractivity contribution is 8.19. The Hall–Kier alpha value is -0.970. The summed E-state index contributed by atoms with van der Waals surface area (Å²) in [5.41, 5.74) is 0.708. The van der Waals surface area contributed by atoms with Crippen LogP contribution in [0.1, 0.15) is 13.3 Å². The highest BCUT2D eigenvalue weighted by Crippen LogP contribution is 2.29. The fourth-order valence-corrected chi connectivity index (χ4v) is 2.23. The minimum atomic E-state index is -0.475. The summed E-state index contributed by atoms with van der Waals surface area (Å²) in [6, 6.07) is 0. The van der Waals surface area contributed by atoms with Crippen LogP contribution >= 0.6 is 11.8 Å². The van der Waals surface area contributed by atoms with Crippen molar-refractivity contribution in [3.05, 3.63) is 0 Å². The van der Waals surface area contributed by atoms with Crippen molar-refractivity contribution in [2.24, 2.45) is 10.2 Å². The molecule has 0 radical (unpaired) electrons. The van der Waals surface area contributed by atoms with Gasteiger partial charge >= 0.3 is 0 Å². The smallest absolute Gasteiger partial charge is 0.256 e. The van der Waals surface area contributed by atoms with E-state index in [2.05, 4.69) is 10.2 Å². The van der Waals surface area contributed by atoms with Crippen LogP contribution in [-0.2, 0) is 9.59 Å². The lowest BCUT2D eigenvalue weighted by Gasteiger charge is -2.07. The van der Waals surface area contributed by atoms with Crippen LogP contribution in [0.2, 0.25) is 0 Å². The van der Waals surface area contributed by atoms with Crippen molar-refractivity contribution in [1.82, 2.24) is 0 Å². The van der Waals surface area contributed by atoms with Gasteiger partial charge in [-0.05, 0) is 6.42 Å². The fourth-order valence-electron chi connectivity index (χ4n) is 1.15. The largest absolute Gasteiger partial charge is 0.289 e. The van der Waals surface area contributed by atoms with Crippen molar-refractivity contribution >= 4 is 34.1 Å². The van der Waals surface area contributed by atoms with E-state index in [-0.39, 0.29) is 16.1 Å². The summed E-state index contributed by atoms with van der Waals surface area (Å²) < 4.78 is 0. The number of hydrogen-bond donors (Lipinski definition) is 0. The molecule has 1 unspecified atom stereocenters. The Labute approximate surface area is 73.1 Å². The Balaban J connectivity index is 2.44. The lowest BCUT2D eigenvalue weighted by molar-refractivity contribution is -0.131. The lowest BCUT2D eigenvalue weighted by atomic mass is 10.1. The van der Waals surface area contributed by atoms with E-state index < -0.39 is 5.78 Å². The van der Waals surface area contributed by atoms with E-state index in [4.69, 9.17) is 0 Å². The molecular weight excluding hydrogens is 176 g/mol. The van der Waals surface area contributed by atoms with Crippen molar-refractivity contribution in [3.8, 4) is 0 Å². The molecule has 0 saturated carbocycles. The average Bonchev–Trinajstić information content (AvgIpc) is 2.33. The van der Waals surface area contributed by atoms with Gasteiger partial charge in [-0.1, -0.05) is 18.7 Å².